The molecule has 0 aliphatic carbocycles. The molecule has 2 heterocycles. The third-order valence-electron chi connectivity index (χ3n) is 2.81. The van der Waals surface area contributed by atoms with Crippen LogP contribution in [0.2, 0.25) is 24.2 Å². The first-order valence-electron chi connectivity index (χ1n) is 6.68. The van der Waals surface area contributed by atoms with Gasteiger partial charge in [-0.3, -0.25) is 4.98 Å². The highest BCUT2D eigenvalue weighted by atomic mass is 79.9. The topological polar surface area (TPSA) is 52.8 Å². The van der Waals surface area contributed by atoms with Gasteiger partial charge in [-0.1, -0.05) is 36.5 Å². The number of halogens is 2. The summed E-state index contributed by atoms with van der Waals surface area (Å²) in [6.07, 6.45) is 3.63. The number of nitrogens with zero attached hydrogens (tertiary/aromatic N) is 4. The monoisotopic (exact) mass is 419 g/mol. The fraction of sp³-hybridized carbons (Fsp3) is 0.462. The lowest BCUT2D eigenvalue weighted by molar-refractivity contribution is 0.0792. The van der Waals surface area contributed by atoms with Gasteiger partial charge in [0.15, 0.2) is 5.82 Å². The van der Waals surface area contributed by atoms with Crippen molar-refractivity contribution >= 4 is 48.1 Å². The van der Waals surface area contributed by atoms with Gasteiger partial charge in [0.2, 0.25) is 5.16 Å². The van der Waals surface area contributed by atoms with Crippen molar-refractivity contribution < 1.29 is 4.74 Å². The second-order valence-electron chi connectivity index (χ2n) is 4.90. The number of hydrogen-bond acceptors (Lipinski definition) is 5. The minimum atomic E-state index is -0.274. The minimum absolute atomic E-state index is 0.274. The lowest BCUT2D eigenvalue weighted by Gasteiger charge is -2.08. The Morgan fingerprint density at radius 2 is 2.23 bits per heavy atom. The highest BCUT2D eigenvalue weighted by molar-refractivity contribution is 9.10. The smallest absolute Gasteiger partial charge is 0.208 e. The van der Waals surface area contributed by atoms with E-state index < -0.39 is 0 Å². The van der Waals surface area contributed by atoms with Crippen molar-refractivity contribution in [2.75, 3.05) is 12.9 Å². The molecule has 22 heavy (non-hydrogen) atoms. The van der Waals surface area contributed by atoms with Crippen LogP contribution in [0.1, 0.15) is 0 Å². The zero-order valence-corrected chi connectivity index (χ0v) is 16.8. The summed E-state index contributed by atoms with van der Waals surface area (Å²) in [5.41, 5.74) is 0.608. The molecule has 1 radical (unpaired) electrons. The van der Waals surface area contributed by atoms with Crippen LogP contribution in [0.15, 0.2) is 21.9 Å². The maximum atomic E-state index is 6.27. The van der Waals surface area contributed by atoms with Crippen molar-refractivity contribution in [2.45, 2.75) is 31.0 Å². The lowest BCUT2D eigenvalue weighted by Crippen LogP contribution is -2.11. The van der Waals surface area contributed by atoms with E-state index in [1.807, 2.05) is 6.26 Å². The summed E-state index contributed by atoms with van der Waals surface area (Å²) in [4.78, 5) is 8.83. The molecule has 0 spiro atoms. The van der Waals surface area contributed by atoms with E-state index in [-0.39, 0.29) is 8.80 Å². The first-order chi connectivity index (χ1) is 10.5. The second-order valence-corrected chi connectivity index (χ2v) is 9.91. The van der Waals surface area contributed by atoms with Crippen LogP contribution in [0.4, 0.5) is 0 Å². The normalized spacial score (nSPS) is 11.4. The first-order valence-corrected chi connectivity index (χ1v) is 11.8. The fourth-order valence-electron chi connectivity index (χ4n) is 1.68. The van der Waals surface area contributed by atoms with Gasteiger partial charge in [-0.25, -0.2) is 4.68 Å². The molecule has 5 nitrogen and oxygen atoms in total. The maximum Gasteiger partial charge on any atom is 0.208 e. The summed E-state index contributed by atoms with van der Waals surface area (Å²) in [5, 5.41) is 5.63. The molecule has 0 saturated carbocycles. The van der Waals surface area contributed by atoms with E-state index in [1.165, 1.54) is 11.8 Å². The van der Waals surface area contributed by atoms with E-state index in [0.717, 1.165) is 17.1 Å². The van der Waals surface area contributed by atoms with Gasteiger partial charge in [-0.15, -0.1) is 5.10 Å². The molecule has 0 atom stereocenters. The van der Waals surface area contributed by atoms with Crippen molar-refractivity contribution in [3.63, 3.8) is 0 Å². The Morgan fingerprint density at radius 1 is 1.45 bits per heavy atom. The number of hydrogen-bond donors (Lipinski definition) is 0. The molecule has 0 fully saturated rings. The molecule has 0 amide bonds. The Hall–Kier alpha value is -0.413. The van der Waals surface area contributed by atoms with Gasteiger partial charge in [0.05, 0.1) is 5.02 Å². The molecule has 0 aliphatic rings. The van der Waals surface area contributed by atoms with Crippen LogP contribution in [-0.2, 0) is 11.5 Å². The highest BCUT2D eigenvalue weighted by Gasteiger charge is 2.16. The van der Waals surface area contributed by atoms with E-state index >= 15 is 0 Å². The summed E-state index contributed by atoms with van der Waals surface area (Å²) < 4.78 is 8.25. The molecule has 0 bridgehead atoms. The van der Waals surface area contributed by atoms with E-state index in [2.05, 4.69) is 44.1 Å². The quantitative estimate of drug-likeness (QED) is 0.381. The van der Waals surface area contributed by atoms with Gasteiger partial charge < -0.3 is 4.74 Å². The van der Waals surface area contributed by atoms with Crippen LogP contribution in [0.3, 0.4) is 0 Å². The molecule has 2 aromatic rings. The molecule has 0 saturated heterocycles. The molecule has 2 rings (SSSR count). The zero-order valence-electron chi connectivity index (χ0n) is 12.6. The fourth-order valence-corrected chi connectivity index (χ4v) is 3.30. The summed E-state index contributed by atoms with van der Waals surface area (Å²) in [5.74, 6) is 0.625. The molecule has 0 aromatic carbocycles. The van der Waals surface area contributed by atoms with Crippen molar-refractivity contribution in [3.05, 3.63) is 21.8 Å². The Morgan fingerprint density at radius 3 is 2.86 bits per heavy atom. The Kier molecular flexibility index (Phi) is 6.88. The number of pyridine rings is 1. The van der Waals surface area contributed by atoms with Crippen molar-refractivity contribution in [2.24, 2.45) is 0 Å². The largest absolute Gasteiger partial charge is 0.359 e. The minimum Gasteiger partial charge on any atom is -0.359 e. The Bertz CT molecular complexity index is 640. The first kappa shape index (κ1) is 17.9. The molecular formula is C13H17BrClN4OSSi. The Balaban J connectivity index is 2.21. The van der Waals surface area contributed by atoms with Crippen LogP contribution in [-0.4, -0.2) is 41.4 Å². The van der Waals surface area contributed by atoms with Gasteiger partial charge in [-0.05, 0) is 34.3 Å². The number of rotatable bonds is 7. The van der Waals surface area contributed by atoms with Gasteiger partial charge in [-0.2, -0.15) is 4.98 Å². The second kappa shape index (κ2) is 8.44. The van der Waals surface area contributed by atoms with Crippen molar-refractivity contribution in [1.29, 1.82) is 0 Å². The van der Waals surface area contributed by atoms with Crippen LogP contribution in [0.5, 0.6) is 0 Å². The molecule has 0 aliphatic heterocycles. The standard InChI is InChI=1S/C13H17BrClN4OSSi/c1-21-13-17-12(11-10(15)6-9(14)7-16-11)19(18-13)8-20-4-5-22(2)3/h6-7H,4-5,8H2,1-3H3. The maximum absolute atomic E-state index is 6.27. The predicted molar refractivity (Wildman–Crippen MR) is 96.0 cm³/mol. The van der Waals surface area contributed by atoms with Crippen LogP contribution in [0, 0.1) is 0 Å². The molecule has 119 valence electrons. The average molecular weight is 421 g/mol. The molecular weight excluding hydrogens is 404 g/mol. The SMILES string of the molecule is CSc1nc(-c2ncc(Br)cc2Cl)n(COCC[Si](C)C)n1. The summed E-state index contributed by atoms with van der Waals surface area (Å²) in [6.45, 7) is 5.63. The lowest BCUT2D eigenvalue weighted by atomic mass is 10.3. The van der Waals surface area contributed by atoms with Crippen molar-refractivity contribution in [1.82, 2.24) is 19.7 Å². The summed E-state index contributed by atoms with van der Waals surface area (Å²) >= 11 is 11.1. The molecule has 2 aromatic heterocycles. The average Bonchev–Trinajstić information content (AvgIpc) is 2.86. The van der Waals surface area contributed by atoms with Gasteiger partial charge in [0.1, 0.15) is 12.4 Å². The van der Waals surface area contributed by atoms with E-state index in [9.17, 15) is 0 Å². The molecule has 0 N–H and O–H groups in total. The van der Waals surface area contributed by atoms with Crippen LogP contribution >= 0.6 is 39.3 Å². The third kappa shape index (κ3) is 4.79. The predicted octanol–water partition coefficient (Wildman–Crippen LogP) is 4.21. The van der Waals surface area contributed by atoms with Crippen molar-refractivity contribution in [3.8, 4) is 11.5 Å². The molecule has 9 heteroatoms. The summed E-state index contributed by atoms with van der Waals surface area (Å²) in [7, 11) is -0.274. The van der Waals surface area contributed by atoms with Gasteiger partial charge in [0, 0.05) is 26.1 Å². The van der Waals surface area contributed by atoms with Crippen LogP contribution < -0.4 is 0 Å². The number of aromatic nitrogens is 4. The van der Waals surface area contributed by atoms with E-state index in [0.29, 0.717) is 28.4 Å². The summed E-state index contributed by atoms with van der Waals surface area (Å²) in [6, 6.07) is 2.91. The van der Waals surface area contributed by atoms with Crippen LogP contribution in [0.25, 0.3) is 11.5 Å². The highest BCUT2D eigenvalue weighted by Crippen LogP contribution is 2.28. The number of ether oxygens (including phenoxy) is 1. The van der Waals surface area contributed by atoms with Gasteiger partial charge in [0.25, 0.3) is 0 Å². The van der Waals surface area contributed by atoms with E-state index in [4.69, 9.17) is 16.3 Å². The van der Waals surface area contributed by atoms with E-state index in [1.54, 1.807) is 16.9 Å². The zero-order chi connectivity index (χ0) is 16.1. The third-order valence-corrected chi connectivity index (χ3v) is 5.28. The Labute approximate surface area is 149 Å². The molecule has 0 unspecified atom stereocenters. The van der Waals surface area contributed by atoms with Gasteiger partial charge >= 0.3 is 0 Å². The number of thioether (sulfide) groups is 1.